The van der Waals surface area contributed by atoms with Crippen LogP contribution >= 0.6 is 12.4 Å². The molecule has 2 aromatic rings. The van der Waals surface area contributed by atoms with Crippen LogP contribution in [-0.2, 0) is 16.2 Å². The van der Waals surface area contributed by atoms with E-state index in [2.05, 4.69) is 9.72 Å². The summed E-state index contributed by atoms with van der Waals surface area (Å²) in [5.41, 5.74) is -1.78. The Kier molecular flexibility index (Phi) is 8.43. The van der Waals surface area contributed by atoms with Gasteiger partial charge in [-0.05, 0) is 36.8 Å². The number of halogens is 7. The minimum absolute atomic E-state index is 0. The molecule has 1 aliphatic rings. The third kappa shape index (κ3) is 6.51. The summed E-state index contributed by atoms with van der Waals surface area (Å²) in [6.45, 7) is -0.419. The van der Waals surface area contributed by atoms with Crippen LogP contribution in [0.1, 0.15) is 22.3 Å². The summed E-state index contributed by atoms with van der Waals surface area (Å²) < 4.78 is 107. The van der Waals surface area contributed by atoms with Crippen LogP contribution in [0.25, 0.3) is 0 Å². The lowest BCUT2D eigenvalue weighted by Gasteiger charge is -2.23. The molecule has 34 heavy (non-hydrogen) atoms. The Labute approximate surface area is 196 Å². The Morgan fingerprint density at radius 2 is 1.59 bits per heavy atom. The summed E-state index contributed by atoms with van der Waals surface area (Å²) >= 11 is 0. The summed E-state index contributed by atoms with van der Waals surface area (Å²) in [6, 6.07) is 4.31. The van der Waals surface area contributed by atoms with Crippen LogP contribution in [0.4, 0.5) is 26.3 Å². The summed E-state index contributed by atoms with van der Waals surface area (Å²) in [5, 5.41) is 0. The number of rotatable bonds is 4. The fraction of sp³-hybridized carbons (Fsp3) is 0.368. The Hall–Kier alpha value is -2.58. The van der Waals surface area contributed by atoms with E-state index in [0.29, 0.717) is 6.07 Å². The zero-order valence-corrected chi connectivity index (χ0v) is 18.8. The molecule has 0 unspecified atom stereocenters. The van der Waals surface area contributed by atoms with E-state index in [4.69, 9.17) is 0 Å². The first-order chi connectivity index (χ1) is 15.3. The lowest BCUT2D eigenvalue weighted by atomic mass is 10.1. The van der Waals surface area contributed by atoms with Gasteiger partial charge < -0.3 is 9.64 Å². The van der Waals surface area contributed by atoms with Crippen LogP contribution in [0.3, 0.4) is 0 Å². The van der Waals surface area contributed by atoms with Gasteiger partial charge in [-0.15, -0.1) is 25.6 Å². The number of sulfonamides is 1. The third-order valence-electron chi connectivity index (χ3n) is 4.79. The third-order valence-corrected chi connectivity index (χ3v) is 6.71. The average Bonchev–Trinajstić information content (AvgIpc) is 2.99. The molecular weight excluding hydrogens is 516 g/mol. The number of carbonyl (C=O) groups excluding carboxylic acids is 1. The maximum Gasteiger partial charge on any atom is 0.573 e. The van der Waals surface area contributed by atoms with Crippen LogP contribution in [-0.4, -0.2) is 61.1 Å². The summed E-state index contributed by atoms with van der Waals surface area (Å²) in [4.78, 5) is 17.1. The van der Waals surface area contributed by atoms with Crippen LogP contribution in [0.5, 0.6) is 5.75 Å². The standard InChI is InChI=1S/C19H17F6N3O4S.ClH/c20-18(21,22)16-6-7-26-12-15(16)17(29)27-8-1-9-28(11-10-27)33(30,31)14-4-2-13(3-5-14)32-19(23,24)25;/h2-7,12H,1,8-11H2;1H. The highest BCUT2D eigenvalue weighted by atomic mass is 35.5. The highest BCUT2D eigenvalue weighted by Crippen LogP contribution is 2.32. The van der Waals surface area contributed by atoms with Crippen molar-refractivity contribution in [2.45, 2.75) is 23.9 Å². The van der Waals surface area contributed by atoms with E-state index in [0.717, 1.165) is 45.9 Å². The van der Waals surface area contributed by atoms with E-state index < -0.39 is 45.3 Å². The number of aromatic nitrogens is 1. The highest BCUT2D eigenvalue weighted by Gasteiger charge is 2.37. The van der Waals surface area contributed by atoms with Gasteiger partial charge in [0.15, 0.2) is 0 Å². The first kappa shape index (κ1) is 27.7. The zero-order valence-electron chi connectivity index (χ0n) is 17.1. The van der Waals surface area contributed by atoms with Crippen LogP contribution in [0.15, 0.2) is 47.6 Å². The van der Waals surface area contributed by atoms with Gasteiger partial charge in [0.1, 0.15) is 5.75 Å². The van der Waals surface area contributed by atoms with E-state index in [1.807, 2.05) is 0 Å². The van der Waals surface area contributed by atoms with Crippen LogP contribution < -0.4 is 4.74 Å². The Bertz CT molecular complexity index is 1110. The second-order valence-corrected chi connectivity index (χ2v) is 8.93. The molecule has 7 nitrogen and oxygen atoms in total. The monoisotopic (exact) mass is 533 g/mol. The molecule has 0 bridgehead atoms. The van der Waals surface area contributed by atoms with Crippen molar-refractivity contribution in [2.24, 2.45) is 0 Å². The number of alkyl halides is 6. The summed E-state index contributed by atoms with van der Waals surface area (Å²) in [6.07, 6.45) is -7.82. The first-order valence-corrected chi connectivity index (χ1v) is 10.9. The number of nitrogens with zero attached hydrogens (tertiary/aromatic N) is 3. The maximum atomic E-state index is 13.2. The van der Waals surface area contributed by atoms with Crippen LogP contribution in [0, 0.1) is 0 Å². The summed E-state index contributed by atoms with van der Waals surface area (Å²) in [7, 11) is -4.12. The minimum Gasteiger partial charge on any atom is -0.406 e. The van der Waals surface area contributed by atoms with E-state index >= 15 is 0 Å². The van der Waals surface area contributed by atoms with Gasteiger partial charge in [0.25, 0.3) is 5.91 Å². The second-order valence-electron chi connectivity index (χ2n) is 6.99. The van der Waals surface area contributed by atoms with Gasteiger partial charge in [-0.1, -0.05) is 0 Å². The molecule has 0 aliphatic carbocycles. The quantitative estimate of drug-likeness (QED) is 0.556. The van der Waals surface area contributed by atoms with Crippen molar-refractivity contribution in [3.63, 3.8) is 0 Å². The van der Waals surface area contributed by atoms with Crippen molar-refractivity contribution < 1.29 is 44.3 Å². The molecule has 1 fully saturated rings. The van der Waals surface area contributed by atoms with E-state index in [-0.39, 0.29) is 49.9 Å². The van der Waals surface area contributed by atoms with Crippen molar-refractivity contribution in [3.05, 3.63) is 53.9 Å². The van der Waals surface area contributed by atoms with Crippen molar-refractivity contribution in [2.75, 3.05) is 26.2 Å². The van der Waals surface area contributed by atoms with Gasteiger partial charge in [-0.25, -0.2) is 8.42 Å². The number of amides is 1. The van der Waals surface area contributed by atoms with Gasteiger partial charge in [0.2, 0.25) is 10.0 Å². The first-order valence-electron chi connectivity index (χ1n) is 9.45. The number of hydrogen-bond acceptors (Lipinski definition) is 5. The average molecular weight is 534 g/mol. The topological polar surface area (TPSA) is 79.8 Å². The molecule has 1 amide bonds. The van der Waals surface area contributed by atoms with Gasteiger partial charge in [-0.3, -0.25) is 9.78 Å². The predicted octanol–water partition coefficient (Wildman–Crippen LogP) is 3.96. The second kappa shape index (κ2) is 10.4. The predicted molar refractivity (Wildman–Crippen MR) is 109 cm³/mol. The fourth-order valence-electron chi connectivity index (χ4n) is 3.28. The lowest BCUT2D eigenvalue weighted by Crippen LogP contribution is -2.38. The van der Waals surface area contributed by atoms with Gasteiger partial charge in [0, 0.05) is 38.6 Å². The van der Waals surface area contributed by atoms with E-state index in [1.165, 1.54) is 0 Å². The molecule has 1 aromatic heterocycles. The number of benzene rings is 1. The largest absolute Gasteiger partial charge is 0.573 e. The zero-order chi connectivity index (χ0) is 24.4. The maximum absolute atomic E-state index is 13.2. The molecule has 3 rings (SSSR count). The SMILES string of the molecule is Cl.O=C(c1cnccc1C(F)(F)F)N1CCCN(S(=O)(=O)c2ccc(OC(F)(F)F)cc2)CC1. The number of pyridine rings is 1. The van der Waals surface area contributed by atoms with Crippen molar-refractivity contribution in [1.29, 1.82) is 0 Å². The van der Waals surface area contributed by atoms with Gasteiger partial charge >= 0.3 is 12.5 Å². The molecule has 2 heterocycles. The van der Waals surface area contributed by atoms with Crippen molar-refractivity contribution in [1.82, 2.24) is 14.2 Å². The number of ether oxygens (including phenoxy) is 1. The Morgan fingerprint density at radius 3 is 2.18 bits per heavy atom. The van der Waals surface area contributed by atoms with Gasteiger partial charge in [0.05, 0.1) is 16.0 Å². The minimum atomic E-state index is -4.93. The molecular formula is C19H18ClF6N3O4S. The smallest absolute Gasteiger partial charge is 0.406 e. The highest BCUT2D eigenvalue weighted by molar-refractivity contribution is 7.89. The fourth-order valence-corrected chi connectivity index (χ4v) is 4.75. The number of carbonyl (C=O) groups is 1. The Balaban J connectivity index is 0.00000408. The molecule has 1 aromatic carbocycles. The van der Waals surface area contributed by atoms with E-state index in [9.17, 15) is 39.6 Å². The molecule has 188 valence electrons. The number of hydrogen-bond donors (Lipinski definition) is 0. The van der Waals surface area contributed by atoms with E-state index in [1.54, 1.807) is 0 Å². The Morgan fingerprint density at radius 1 is 0.941 bits per heavy atom. The van der Waals surface area contributed by atoms with Crippen molar-refractivity contribution >= 4 is 28.3 Å². The molecule has 15 heteroatoms. The molecule has 0 radical (unpaired) electrons. The molecule has 0 saturated carbocycles. The summed E-state index contributed by atoms with van der Waals surface area (Å²) in [5.74, 6) is -1.52. The van der Waals surface area contributed by atoms with Gasteiger partial charge in [-0.2, -0.15) is 17.5 Å². The lowest BCUT2D eigenvalue weighted by molar-refractivity contribution is -0.274. The molecule has 0 atom stereocenters. The molecule has 0 spiro atoms. The van der Waals surface area contributed by atoms with Crippen LogP contribution in [0.2, 0.25) is 0 Å². The van der Waals surface area contributed by atoms with Crippen molar-refractivity contribution in [3.8, 4) is 5.75 Å². The molecule has 1 aliphatic heterocycles. The molecule has 1 saturated heterocycles. The normalized spacial score (nSPS) is 15.9. The molecule has 0 N–H and O–H groups in total.